The van der Waals surface area contributed by atoms with Crippen LogP contribution in [0.1, 0.15) is 0 Å². The molecule has 2 heterocycles. The second-order valence-corrected chi connectivity index (χ2v) is 6.51. The van der Waals surface area contributed by atoms with Crippen LogP contribution >= 0.6 is 0 Å². The van der Waals surface area contributed by atoms with Crippen LogP contribution in [-0.2, 0) is 0 Å². The molecule has 5 aromatic rings. The lowest BCUT2D eigenvalue weighted by atomic mass is 10.1. The second-order valence-electron chi connectivity index (χ2n) is 6.51. The van der Waals surface area contributed by atoms with Gasteiger partial charge in [0.15, 0.2) is 0 Å². The molecule has 2 heteroatoms. The van der Waals surface area contributed by atoms with Gasteiger partial charge >= 0.3 is 0 Å². The van der Waals surface area contributed by atoms with E-state index < -0.39 is 0 Å². The fraction of sp³-hybridized carbons (Fsp3) is 0. The van der Waals surface area contributed by atoms with Crippen LogP contribution in [0.2, 0.25) is 0 Å². The largest absolute Gasteiger partial charge is 0.292 e. The molecule has 0 amide bonds. The Morgan fingerprint density at radius 1 is 0.481 bits per heavy atom. The van der Waals surface area contributed by atoms with E-state index in [-0.39, 0.29) is 0 Å². The van der Waals surface area contributed by atoms with E-state index in [1.165, 1.54) is 5.56 Å². The minimum Gasteiger partial charge on any atom is -0.292 e. The molecule has 0 atom stereocenters. The normalized spacial score (nSPS) is 11.0. The van der Waals surface area contributed by atoms with Gasteiger partial charge in [-0.3, -0.25) is 4.40 Å². The number of hydrogen-bond donors (Lipinski definition) is 0. The number of imidazole rings is 1. The van der Waals surface area contributed by atoms with Gasteiger partial charge in [0.05, 0.1) is 16.9 Å². The number of benzene rings is 3. The van der Waals surface area contributed by atoms with E-state index in [2.05, 4.69) is 95.4 Å². The number of aromatic nitrogens is 2. The fourth-order valence-electron chi connectivity index (χ4n) is 3.56. The third kappa shape index (κ3) is 2.72. The first kappa shape index (κ1) is 15.6. The Kier molecular flexibility index (Phi) is 3.80. The zero-order valence-electron chi connectivity index (χ0n) is 14.8. The third-order valence-electron chi connectivity index (χ3n) is 4.81. The molecule has 0 aliphatic heterocycles. The maximum absolute atomic E-state index is 5.08. The molecule has 0 aliphatic rings. The lowest BCUT2D eigenvalue weighted by Crippen LogP contribution is -1.94. The molecular formula is C25H18N2. The topological polar surface area (TPSA) is 17.3 Å². The molecule has 3 aromatic carbocycles. The Morgan fingerprint density at radius 3 is 1.67 bits per heavy atom. The summed E-state index contributed by atoms with van der Waals surface area (Å²) in [5.41, 5.74) is 6.67. The van der Waals surface area contributed by atoms with Gasteiger partial charge in [0.25, 0.3) is 0 Å². The molecule has 27 heavy (non-hydrogen) atoms. The highest BCUT2D eigenvalue weighted by Gasteiger charge is 2.17. The van der Waals surface area contributed by atoms with Crippen LogP contribution in [0, 0.1) is 0 Å². The molecule has 0 fully saturated rings. The van der Waals surface area contributed by atoms with Gasteiger partial charge in [-0.15, -0.1) is 0 Å². The van der Waals surface area contributed by atoms with Crippen LogP contribution in [0.15, 0.2) is 109 Å². The van der Waals surface area contributed by atoms with Gasteiger partial charge in [-0.05, 0) is 17.7 Å². The van der Waals surface area contributed by atoms with Crippen LogP contribution < -0.4 is 0 Å². The lowest BCUT2D eigenvalue weighted by molar-refractivity contribution is 1.17. The lowest BCUT2D eigenvalue weighted by Gasteiger charge is -2.09. The van der Waals surface area contributed by atoms with Gasteiger partial charge < -0.3 is 0 Å². The summed E-state index contributed by atoms with van der Waals surface area (Å²) < 4.78 is 2.27. The van der Waals surface area contributed by atoms with E-state index in [0.717, 1.165) is 33.9 Å². The Hall–Kier alpha value is -3.65. The van der Waals surface area contributed by atoms with Crippen LogP contribution in [0.25, 0.3) is 39.4 Å². The summed E-state index contributed by atoms with van der Waals surface area (Å²) >= 11 is 0. The summed E-state index contributed by atoms with van der Waals surface area (Å²) in [5, 5.41) is 0. The number of rotatable bonds is 3. The number of fused-ring (bicyclic) bond motifs is 1. The molecule has 0 N–H and O–H groups in total. The number of pyridine rings is 1. The van der Waals surface area contributed by atoms with Gasteiger partial charge in [0, 0.05) is 11.1 Å². The van der Waals surface area contributed by atoms with Crippen molar-refractivity contribution in [2.45, 2.75) is 0 Å². The highest BCUT2D eigenvalue weighted by atomic mass is 15.0. The van der Waals surface area contributed by atoms with Crippen LogP contribution in [0.4, 0.5) is 0 Å². The summed E-state index contributed by atoms with van der Waals surface area (Å²) in [4.78, 5) is 5.08. The minimum atomic E-state index is 0.962. The molecular weight excluding hydrogens is 328 g/mol. The van der Waals surface area contributed by atoms with Crippen LogP contribution in [-0.4, -0.2) is 9.38 Å². The SMILES string of the molecule is c1ccc(-c2nc(-c3ccccc3)n3c(-c4ccccc4)cccc23)cc1. The fourth-order valence-corrected chi connectivity index (χ4v) is 3.56. The molecule has 2 nitrogen and oxygen atoms in total. The summed E-state index contributed by atoms with van der Waals surface area (Å²) in [6.45, 7) is 0. The van der Waals surface area contributed by atoms with Gasteiger partial charge in [-0.1, -0.05) is 97.1 Å². The van der Waals surface area contributed by atoms with E-state index in [4.69, 9.17) is 4.98 Å². The van der Waals surface area contributed by atoms with Gasteiger partial charge in [-0.2, -0.15) is 0 Å². The maximum atomic E-state index is 5.08. The predicted octanol–water partition coefficient (Wildman–Crippen LogP) is 6.34. The van der Waals surface area contributed by atoms with E-state index >= 15 is 0 Å². The van der Waals surface area contributed by atoms with Crippen molar-refractivity contribution in [1.82, 2.24) is 9.38 Å². The highest BCUT2D eigenvalue weighted by Crippen LogP contribution is 2.33. The molecule has 0 unspecified atom stereocenters. The Labute approximate surface area is 158 Å². The summed E-state index contributed by atoms with van der Waals surface area (Å²) in [5.74, 6) is 0.962. The molecule has 0 radical (unpaired) electrons. The van der Waals surface area contributed by atoms with Crippen LogP contribution in [0.5, 0.6) is 0 Å². The monoisotopic (exact) mass is 346 g/mol. The number of nitrogens with zero attached hydrogens (tertiary/aromatic N) is 2. The molecule has 2 aromatic heterocycles. The minimum absolute atomic E-state index is 0.962. The van der Waals surface area contributed by atoms with E-state index in [9.17, 15) is 0 Å². The van der Waals surface area contributed by atoms with Crippen molar-refractivity contribution >= 4 is 5.52 Å². The van der Waals surface area contributed by atoms with Crippen molar-refractivity contribution in [3.63, 3.8) is 0 Å². The summed E-state index contributed by atoms with van der Waals surface area (Å²) in [7, 11) is 0. The first-order chi connectivity index (χ1) is 13.4. The first-order valence-electron chi connectivity index (χ1n) is 9.09. The molecule has 0 bridgehead atoms. The van der Waals surface area contributed by atoms with Crippen molar-refractivity contribution in [2.75, 3.05) is 0 Å². The summed E-state index contributed by atoms with van der Waals surface area (Å²) in [6.07, 6.45) is 0. The smallest absolute Gasteiger partial charge is 0.145 e. The van der Waals surface area contributed by atoms with Gasteiger partial charge in [0.1, 0.15) is 5.82 Å². The number of hydrogen-bond acceptors (Lipinski definition) is 1. The van der Waals surface area contributed by atoms with Crippen molar-refractivity contribution in [1.29, 1.82) is 0 Å². The van der Waals surface area contributed by atoms with Crippen molar-refractivity contribution in [3.05, 3.63) is 109 Å². The molecule has 0 aliphatic carbocycles. The van der Waals surface area contributed by atoms with Crippen molar-refractivity contribution in [2.24, 2.45) is 0 Å². The quantitative estimate of drug-likeness (QED) is 0.373. The standard InChI is InChI=1S/C25H18N2/c1-4-11-19(12-5-1)22-17-10-18-23-24(20-13-6-2-7-14-20)26-25(27(22)23)21-15-8-3-9-16-21/h1-18H. The first-order valence-corrected chi connectivity index (χ1v) is 9.09. The Bertz CT molecular complexity index is 1190. The second kappa shape index (κ2) is 6.58. The molecule has 0 spiro atoms. The van der Waals surface area contributed by atoms with Crippen LogP contribution in [0.3, 0.4) is 0 Å². The van der Waals surface area contributed by atoms with Crippen molar-refractivity contribution < 1.29 is 0 Å². The third-order valence-corrected chi connectivity index (χ3v) is 4.81. The average Bonchev–Trinajstić information content (AvgIpc) is 3.15. The van der Waals surface area contributed by atoms with Crippen molar-refractivity contribution in [3.8, 4) is 33.9 Å². The van der Waals surface area contributed by atoms with E-state index in [0.29, 0.717) is 0 Å². The summed E-state index contributed by atoms with van der Waals surface area (Å²) in [6, 6.07) is 37.7. The van der Waals surface area contributed by atoms with Gasteiger partial charge in [0.2, 0.25) is 0 Å². The zero-order chi connectivity index (χ0) is 18.1. The Morgan fingerprint density at radius 2 is 1.04 bits per heavy atom. The van der Waals surface area contributed by atoms with E-state index in [1.807, 2.05) is 18.2 Å². The zero-order valence-corrected chi connectivity index (χ0v) is 14.8. The van der Waals surface area contributed by atoms with E-state index in [1.54, 1.807) is 0 Å². The molecule has 128 valence electrons. The highest BCUT2D eigenvalue weighted by molar-refractivity contribution is 5.84. The average molecular weight is 346 g/mol. The molecule has 0 saturated heterocycles. The maximum Gasteiger partial charge on any atom is 0.145 e. The van der Waals surface area contributed by atoms with Gasteiger partial charge in [-0.25, -0.2) is 4.98 Å². The molecule has 5 rings (SSSR count). The predicted molar refractivity (Wildman–Crippen MR) is 112 cm³/mol. The molecule has 0 saturated carbocycles. The Balaban J connectivity index is 1.87.